The number of aliphatic hydroxyl groups excluding tert-OH is 1. The quantitative estimate of drug-likeness (QED) is 0.916. The Hall–Kier alpha value is -1.95. The van der Waals surface area contributed by atoms with Crippen molar-refractivity contribution in [1.29, 1.82) is 0 Å². The van der Waals surface area contributed by atoms with Crippen molar-refractivity contribution in [3.8, 4) is 11.4 Å². The molecule has 1 atom stereocenters. The molecular weight excluding hydrogens is 269 g/mol. The highest BCUT2D eigenvalue weighted by Gasteiger charge is 2.30. The zero-order chi connectivity index (χ0) is 14.9. The van der Waals surface area contributed by atoms with Crippen LogP contribution >= 0.6 is 0 Å². The first-order valence-electron chi connectivity index (χ1n) is 5.98. The molecule has 1 heterocycles. The highest BCUT2D eigenvalue weighted by atomic mass is 19.4. The molecule has 0 aliphatic heterocycles. The molecule has 1 aromatic carbocycles. The Morgan fingerprint density at radius 3 is 2.50 bits per heavy atom. The molecule has 0 saturated carbocycles. The first kappa shape index (κ1) is 14.5. The van der Waals surface area contributed by atoms with Crippen LogP contribution in [0, 0.1) is 6.92 Å². The summed E-state index contributed by atoms with van der Waals surface area (Å²) < 4.78 is 38.0. The van der Waals surface area contributed by atoms with Crippen LogP contribution in [0.25, 0.3) is 11.4 Å². The molecule has 2 rings (SSSR count). The van der Waals surface area contributed by atoms with E-state index in [4.69, 9.17) is 0 Å². The summed E-state index contributed by atoms with van der Waals surface area (Å²) in [5.74, 6) is 0.206. The molecular formula is C14H13F3N2O. The number of aryl methyl sites for hydroxylation is 1. The average molecular weight is 282 g/mol. The van der Waals surface area contributed by atoms with Crippen molar-refractivity contribution in [3.05, 3.63) is 47.3 Å². The van der Waals surface area contributed by atoms with Crippen LogP contribution in [-0.4, -0.2) is 15.1 Å². The largest absolute Gasteiger partial charge is 0.416 e. The normalized spacial score (nSPS) is 13.3. The monoisotopic (exact) mass is 282 g/mol. The van der Waals surface area contributed by atoms with Gasteiger partial charge in [-0.1, -0.05) is 12.1 Å². The Morgan fingerprint density at radius 1 is 1.25 bits per heavy atom. The maximum absolute atomic E-state index is 12.7. The van der Waals surface area contributed by atoms with Crippen molar-refractivity contribution in [2.24, 2.45) is 0 Å². The van der Waals surface area contributed by atoms with E-state index in [0.29, 0.717) is 16.8 Å². The van der Waals surface area contributed by atoms with Gasteiger partial charge in [0.1, 0.15) is 0 Å². The maximum Gasteiger partial charge on any atom is 0.416 e. The second-order valence-electron chi connectivity index (χ2n) is 4.49. The van der Waals surface area contributed by atoms with Crippen LogP contribution in [-0.2, 0) is 6.18 Å². The second kappa shape index (κ2) is 5.20. The molecule has 20 heavy (non-hydrogen) atoms. The van der Waals surface area contributed by atoms with Gasteiger partial charge in [0.15, 0.2) is 5.82 Å². The number of aromatic nitrogens is 2. The number of alkyl halides is 3. The van der Waals surface area contributed by atoms with E-state index < -0.39 is 17.8 Å². The lowest BCUT2D eigenvalue weighted by molar-refractivity contribution is -0.137. The third-order valence-electron chi connectivity index (χ3n) is 2.92. The maximum atomic E-state index is 12.7. The number of benzene rings is 1. The van der Waals surface area contributed by atoms with Gasteiger partial charge in [-0.15, -0.1) is 0 Å². The molecule has 3 nitrogen and oxygen atoms in total. The smallest absolute Gasteiger partial charge is 0.389 e. The fourth-order valence-electron chi connectivity index (χ4n) is 1.86. The van der Waals surface area contributed by atoms with Gasteiger partial charge in [-0.3, -0.25) is 0 Å². The summed E-state index contributed by atoms with van der Waals surface area (Å²) in [6.07, 6.45) is -3.68. The third-order valence-corrected chi connectivity index (χ3v) is 2.92. The molecule has 0 amide bonds. The van der Waals surface area contributed by atoms with Gasteiger partial charge in [-0.2, -0.15) is 13.2 Å². The fourth-order valence-corrected chi connectivity index (χ4v) is 1.86. The molecule has 0 saturated heterocycles. The van der Waals surface area contributed by atoms with E-state index in [1.165, 1.54) is 18.3 Å². The van der Waals surface area contributed by atoms with Crippen molar-refractivity contribution in [3.63, 3.8) is 0 Å². The number of aliphatic hydroxyl groups is 1. The average Bonchev–Trinajstić information content (AvgIpc) is 2.37. The Balaban J connectivity index is 2.45. The molecule has 0 aliphatic carbocycles. The van der Waals surface area contributed by atoms with E-state index in [-0.39, 0.29) is 5.82 Å². The zero-order valence-corrected chi connectivity index (χ0v) is 10.9. The van der Waals surface area contributed by atoms with Gasteiger partial charge in [0, 0.05) is 23.0 Å². The van der Waals surface area contributed by atoms with Crippen LogP contribution in [0.1, 0.15) is 29.8 Å². The van der Waals surface area contributed by atoms with Gasteiger partial charge in [-0.05, 0) is 26.0 Å². The van der Waals surface area contributed by atoms with E-state index in [9.17, 15) is 18.3 Å². The van der Waals surface area contributed by atoms with Gasteiger partial charge < -0.3 is 5.11 Å². The van der Waals surface area contributed by atoms with Crippen LogP contribution in [0.15, 0.2) is 30.5 Å². The standard InChI is InChI=1S/C14H13F3N2O/c1-8-12(9(2)20)7-18-13(19-8)10-4-3-5-11(6-10)14(15,16)17/h3-7,9,20H,1-2H3. The minimum Gasteiger partial charge on any atom is -0.389 e. The first-order chi connectivity index (χ1) is 9.29. The SMILES string of the molecule is Cc1nc(-c2cccc(C(F)(F)F)c2)ncc1C(C)O. The third kappa shape index (κ3) is 2.96. The van der Waals surface area contributed by atoms with Crippen molar-refractivity contribution in [2.75, 3.05) is 0 Å². The molecule has 1 unspecified atom stereocenters. The van der Waals surface area contributed by atoms with Gasteiger partial charge >= 0.3 is 6.18 Å². The molecule has 1 aromatic heterocycles. The molecule has 0 aliphatic rings. The van der Waals surface area contributed by atoms with E-state index in [0.717, 1.165) is 12.1 Å². The minimum atomic E-state index is -4.40. The number of halogens is 3. The van der Waals surface area contributed by atoms with Crippen molar-refractivity contribution < 1.29 is 18.3 Å². The van der Waals surface area contributed by atoms with Gasteiger partial charge in [0.25, 0.3) is 0 Å². The Kier molecular flexibility index (Phi) is 3.76. The predicted octanol–water partition coefficient (Wildman–Crippen LogP) is 3.52. The van der Waals surface area contributed by atoms with Crippen molar-refractivity contribution in [1.82, 2.24) is 9.97 Å². The van der Waals surface area contributed by atoms with Crippen LogP contribution in [0.4, 0.5) is 13.2 Å². The van der Waals surface area contributed by atoms with Crippen molar-refractivity contribution >= 4 is 0 Å². The summed E-state index contributed by atoms with van der Waals surface area (Å²) in [4.78, 5) is 8.17. The summed E-state index contributed by atoms with van der Waals surface area (Å²) in [5, 5.41) is 9.49. The van der Waals surface area contributed by atoms with Gasteiger partial charge in [0.2, 0.25) is 0 Å². The van der Waals surface area contributed by atoms with Crippen LogP contribution in [0.5, 0.6) is 0 Å². The van der Waals surface area contributed by atoms with Crippen LogP contribution in [0.2, 0.25) is 0 Å². The number of nitrogens with zero attached hydrogens (tertiary/aromatic N) is 2. The van der Waals surface area contributed by atoms with E-state index >= 15 is 0 Å². The molecule has 1 N–H and O–H groups in total. The lowest BCUT2D eigenvalue weighted by atomic mass is 10.1. The number of hydrogen-bond donors (Lipinski definition) is 1. The van der Waals surface area contributed by atoms with Crippen molar-refractivity contribution in [2.45, 2.75) is 26.1 Å². The zero-order valence-electron chi connectivity index (χ0n) is 10.9. The molecule has 6 heteroatoms. The summed E-state index contributed by atoms with van der Waals surface area (Å²) in [6, 6.07) is 4.85. The lowest BCUT2D eigenvalue weighted by Crippen LogP contribution is -2.05. The summed E-state index contributed by atoms with van der Waals surface area (Å²) in [6.45, 7) is 3.26. The van der Waals surface area contributed by atoms with E-state index in [2.05, 4.69) is 9.97 Å². The van der Waals surface area contributed by atoms with Crippen LogP contribution < -0.4 is 0 Å². The number of hydrogen-bond acceptors (Lipinski definition) is 3. The molecule has 106 valence electrons. The molecule has 0 fully saturated rings. The fraction of sp³-hybridized carbons (Fsp3) is 0.286. The Labute approximate surface area is 114 Å². The minimum absolute atomic E-state index is 0.206. The molecule has 0 radical (unpaired) electrons. The second-order valence-corrected chi connectivity index (χ2v) is 4.49. The predicted molar refractivity (Wildman–Crippen MR) is 67.8 cm³/mol. The summed E-state index contributed by atoms with van der Waals surface area (Å²) >= 11 is 0. The molecule has 0 spiro atoms. The van der Waals surface area contributed by atoms with E-state index in [1.807, 2.05) is 0 Å². The van der Waals surface area contributed by atoms with E-state index in [1.54, 1.807) is 13.8 Å². The van der Waals surface area contributed by atoms with Gasteiger partial charge in [0.05, 0.1) is 11.7 Å². The van der Waals surface area contributed by atoms with Gasteiger partial charge in [-0.25, -0.2) is 9.97 Å². The lowest BCUT2D eigenvalue weighted by Gasteiger charge is -2.11. The molecule has 0 bridgehead atoms. The highest BCUT2D eigenvalue weighted by molar-refractivity contribution is 5.56. The number of rotatable bonds is 2. The Bertz CT molecular complexity index is 624. The Morgan fingerprint density at radius 2 is 1.95 bits per heavy atom. The molecule has 2 aromatic rings. The first-order valence-corrected chi connectivity index (χ1v) is 5.98. The summed E-state index contributed by atoms with van der Waals surface area (Å²) in [5.41, 5.74) is 0.652. The highest BCUT2D eigenvalue weighted by Crippen LogP contribution is 2.31. The summed E-state index contributed by atoms with van der Waals surface area (Å²) in [7, 11) is 0. The topological polar surface area (TPSA) is 46.0 Å². The van der Waals surface area contributed by atoms with Crippen LogP contribution in [0.3, 0.4) is 0 Å².